The van der Waals surface area contributed by atoms with Gasteiger partial charge in [-0.25, -0.2) is 0 Å². The van der Waals surface area contributed by atoms with E-state index in [0.29, 0.717) is 5.92 Å². The second kappa shape index (κ2) is 5.94. The maximum absolute atomic E-state index is 10.4. The third-order valence-electron chi connectivity index (χ3n) is 3.36. The van der Waals surface area contributed by atoms with Crippen LogP contribution >= 0.6 is 0 Å². The molecule has 0 radical (unpaired) electrons. The van der Waals surface area contributed by atoms with Gasteiger partial charge in [0.05, 0.1) is 0 Å². The minimum Gasteiger partial charge on any atom is -0.374 e. The van der Waals surface area contributed by atoms with Crippen molar-refractivity contribution < 1.29 is 5.11 Å². The molecule has 0 aromatic heterocycles. The Hall–Kier alpha value is -2.04. The van der Waals surface area contributed by atoms with Gasteiger partial charge in [-0.3, -0.25) is 0 Å². The molecule has 0 saturated heterocycles. The summed E-state index contributed by atoms with van der Waals surface area (Å²) in [5.74, 6) is 6.51. The Morgan fingerprint density at radius 3 is 2.10 bits per heavy atom. The highest BCUT2D eigenvalue weighted by molar-refractivity contribution is 5.40. The lowest BCUT2D eigenvalue weighted by molar-refractivity contribution is 0.122. The fourth-order valence-corrected chi connectivity index (χ4v) is 1.98. The average Bonchev–Trinajstić information content (AvgIpc) is 2.46. The second-order valence-electron chi connectivity index (χ2n) is 5.46. The summed E-state index contributed by atoms with van der Waals surface area (Å²) in [6, 6.07) is 17.7. The Balaban J connectivity index is 2.22. The van der Waals surface area contributed by atoms with Crippen LogP contribution < -0.4 is 0 Å². The zero-order valence-corrected chi connectivity index (χ0v) is 12.2. The predicted octanol–water partition coefficient (Wildman–Crippen LogP) is 4.07. The molecule has 0 saturated carbocycles. The van der Waals surface area contributed by atoms with Crippen molar-refractivity contribution in [3.63, 3.8) is 0 Å². The molecule has 0 heterocycles. The van der Waals surface area contributed by atoms with Crippen LogP contribution in [-0.2, 0) is 5.60 Å². The Bertz CT molecular complexity index is 610. The first-order valence-corrected chi connectivity index (χ1v) is 6.90. The third-order valence-corrected chi connectivity index (χ3v) is 3.36. The molecule has 0 aliphatic carbocycles. The molecular formula is C19H20O. The summed E-state index contributed by atoms with van der Waals surface area (Å²) < 4.78 is 0. The molecule has 0 fully saturated rings. The molecule has 1 nitrogen and oxygen atoms in total. The number of benzene rings is 2. The molecule has 1 unspecified atom stereocenters. The molecule has 1 N–H and O–H groups in total. The minimum absolute atomic E-state index is 0.518. The van der Waals surface area contributed by atoms with Gasteiger partial charge in [0.1, 0.15) is 5.60 Å². The molecule has 0 aliphatic rings. The van der Waals surface area contributed by atoms with Crippen LogP contribution in [0.25, 0.3) is 0 Å². The van der Waals surface area contributed by atoms with Gasteiger partial charge in [-0.05, 0) is 36.1 Å². The summed E-state index contributed by atoms with van der Waals surface area (Å²) in [6.07, 6.45) is 0. The van der Waals surface area contributed by atoms with Gasteiger partial charge in [0, 0.05) is 5.56 Å². The lowest BCUT2D eigenvalue weighted by Crippen LogP contribution is -2.18. The van der Waals surface area contributed by atoms with E-state index in [1.165, 1.54) is 5.56 Å². The van der Waals surface area contributed by atoms with Crippen LogP contribution in [0.5, 0.6) is 0 Å². The van der Waals surface area contributed by atoms with Gasteiger partial charge < -0.3 is 5.11 Å². The topological polar surface area (TPSA) is 20.2 Å². The van der Waals surface area contributed by atoms with Crippen LogP contribution in [0.3, 0.4) is 0 Å². The number of hydrogen-bond donors (Lipinski definition) is 1. The van der Waals surface area contributed by atoms with E-state index in [1.807, 2.05) is 42.5 Å². The molecule has 0 spiro atoms. The quantitative estimate of drug-likeness (QED) is 0.811. The van der Waals surface area contributed by atoms with Crippen molar-refractivity contribution in [3.05, 3.63) is 71.3 Å². The highest BCUT2D eigenvalue weighted by Crippen LogP contribution is 2.19. The first-order valence-electron chi connectivity index (χ1n) is 6.90. The van der Waals surface area contributed by atoms with E-state index in [9.17, 15) is 5.11 Å². The van der Waals surface area contributed by atoms with E-state index < -0.39 is 5.60 Å². The third kappa shape index (κ3) is 3.50. The monoisotopic (exact) mass is 264 g/mol. The van der Waals surface area contributed by atoms with Crippen LogP contribution in [0.1, 0.15) is 43.4 Å². The maximum Gasteiger partial charge on any atom is 0.148 e. The summed E-state index contributed by atoms with van der Waals surface area (Å²) in [6.45, 7) is 6.06. The first kappa shape index (κ1) is 14.4. The number of hydrogen-bond acceptors (Lipinski definition) is 1. The van der Waals surface area contributed by atoms with Crippen LogP contribution in [0.15, 0.2) is 54.6 Å². The molecule has 102 valence electrons. The normalized spacial score (nSPS) is 13.4. The van der Waals surface area contributed by atoms with Crippen molar-refractivity contribution in [2.24, 2.45) is 0 Å². The Labute approximate surface area is 121 Å². The molecule has 2 aromatic rings. The summed E-state index contributed by atoms with van der Waals surface area (Å²) >= 11 is 0. The van der Waals surface area contributed by atoms with Crippen LogP contribution in [-0.4, -0.2) is 5.11 Å². The molecular weight excluding hydrogens is 244 g/mol. The Kier molecular flexibility index (Phi) is 4.27. The molecule has 2 rings (SSSR count). The van der Waals surface area contributed by atoms with E-state index in [2.05, 4.69) is 37.8 Å². The van der Waals surface area contributed by atoms with Crippen LogP contribution in [0, 0.1) is 11.8 Å². The average molecular weight is 264 g/mol. The molecule has 0 aliphatic heterocycles. The molecule has 20 heavy (non-hydrogen) atoms. The number of aliphatic hydroxyl groups is 1. The van der Waals surface area contributed by atoms with Crippen molar-refractivity contribution in [2.45, 2.75) is 32.3 Å². The zero-order valence-electron chi connectivity index (χ0n) is 12.2. The minimum atomic E-state index is -1.13. The van der Waals surface area contributed by atoms with Gasteiger partial charge >= 0.3 is 0 Å². The van der Waals surface area contributed by atoms with Crippen LogP contribution in [0.2, 0.25) is 0 Å². The Morgan fingerprint density at radius 1 is 0.950 bits per heavy atom. The van der Waals surface area contributed by atoms with Crippen molar-refractivity contribution in [2.75, 3.05) is 0 Å². The first-order chi connectivity index (χ1) is 9.49. The molecule has 0 bridgehead atoms. The summed E-state index contributed by atoms with van der Waals surface area (Å²) in [5.41, 5.74) is 1.90. The van der Waals surface area contributed by atoms with Crippen molar-refractivity contribution in [3.8, 4) is 11.8 Å². The maximum atomic E-state index is 10.4. The van der Waals surface area contributed by atoms with E-state index >= 15 is 0 Å². The molecule has 0 amide bonds. The molecule has 2 aromatic carbocycles. The molecule has 1 heteroatoms. The zero-order chi connectivity index (χ0) is 14.6. The second-order valence-corrected chi connectivity index (χ2v) is 5.46. The van der Waals surface area contributed by atoms with Gasteiger partial charge in [-0.1, -0.05) is 68.2 Å². The molecule has 1 atom stereocenters. The van der Waals surface area contributed by atoms with Crippen molar-refractivity contribution >= 4 is 0 Å². The fourth-order valence-electron chi connectivity index (χ4n) is 1.98. The lowest BCUT2D eigenvalue weighted by atomic mass is 9.96. The van der Waals surface area contributed by atoms with Gasteiger partial charge in [0.2, 0.25) is 0 Å². The highest BCUT2D eigenvalue weighted by atomic mass is 16.3. The van der Waals surface area contributed by atoms with Gasteiger partial charge in [-0.2, -0.15) is 0 Å². The van der Waals surface area contributed by atoms with E-state index in [1.54, 1.807) is 6.92 Å². The van der Waals surface area contributed by atoms with Gasteiger partial charge in [0.25, 0.3) is 0 Å². The van der Waals surface area contributed by atoms with Crippen LogP contribution in [0.4, 0.5) is 0 Å². The summed E-state index contributed by atoms with van der Waals surface area (Å²) in [5, 5.41) is 10.4. The SMILES string of the molecule is CC(C)c1ccc(C#CC(C)(O)c2ccccc2)cc1. The lowest BCUT2D eigenvalue weighted by Gasteiger charge is -2.16. The van der Waals surface area contributed by atoms with E-state index in [0.717, 1.165) is 11.1 Å². The highest BCUT2D eigenvalue weighted by Gasteiger charge is 2.18. The van der Waals surface area contributed by atoms with E-state index in [4.69, 9.17) is 0 Å². The largest absolute Gasteiger partial charge is 0.374 e. The summed E-state index contributed by atoms with van der Waals surface area (Å²) in [4.78, 5) is 0. The Morgan fingerprint density at radius 2 is 1.55 bits per heavy atom. The van der Waals surface area contributed by atoms with Gasteiger partial charge in [0.15, 0.2) is 0 Å². The fraction of sp³-hybridized carbons (Fsp3) is 0.263. The standard InChI is InChI=1S/C19H20O/c1-15(2)17-11-9-16(10-12-17)13-14-19(3,20)18-7-5-4-6-8-18/h4-12,15,20H,1-3H3. The van der Waals surface area contributed by atoms with E-state index in [-0.39, 0.29) is 0 Å². The van der Waals surface area contributed by atoms with Crippen molar-refractivity contribution in [1.82, 2.24) is 0 Å². The number of rotatable bonds is 2. The van der Waals surface area contributed by atoms with Gasteiger partial charge in [-0.15, -0.1) is 0 Å². The summed E-state index contributed by atoms with van der Waals surface area (Å²) in [7, 11) is 0. The van der Waals surface area contributed by atoms with Crippen molar-refractivity contribution in [1.29, 1.82) is 0 Å². The predicted molar refractivity (Wildman–Crippen MR) is 83.4 cm³/mol. The smallest absolute Gasteiger partial charge is 0.148 e.